The lowest BCUT2D eigenvalue weighted by molar-refractivity contribution is 0.484. The molecule has 1 atom stereocenters. The zero-order chi connectivity index (χ0) is 14.5. The van der Waals surface area contributed by atoms with E-state index in [0.29, 0.717) is 29.3 Å². The molecule has 0 N–H and O–H groups in total. The van der Waals surface area contributed by atoms with E-state index >= 15 is 0 Å². The maximum atomic E-state index is 13.7. The molecule has 0 aliphatic rings. The Balaban J connectivity index is 2.11. The van der Waals surface area contributed by atoms with Gasteiger partial charge in [0.2, 0.25) is 0 Å². The van der Waals surface area contributed by atoms with Gasteiger partial charge in [0, 0.05) is 10.9 Å². The van der Waals surface area contributed by atoms with Crippen LogP contribution in [0, 0.1) is 17.6 Å². The smallest absolute Gasteiger partial charge is 0.162 e. The molecule has 0 aromatic heterocycles. The average molecular weight is 315 g/mol. The Bertz CT molecular complexity index is 584. The van der Waals surface area contributed by atoms with Gasteiger partial charge in [-0.3, -0.25) is 0 Å². The van der Waals surface area contributed by atoms with Gasteiger partial charge in [0.05, 0.1) is 0 Å². The highest BCUT2D eigenvalue weighted by atomic mass is 35.5. The molecular weight excluding hydrogens is 301 g/mol. The van der Waals surface area contributed by atoms with E-state index in [-0.39, 0.29) is 5.92 Å². The van der Waals surface area contributed by atoms with Crippen LogP contribution >= 0.6 is 23.2 Å². The van der Waals surface area contributed by atoms with Crippen LogP contribution in [0.25, 0.3) is 0 Å². The molecule has 1 unspecified atom stereocenters. The standard InChI is InChI=1S/C16H14Cl2F2/c17-10-12(7-11-3-1-5-14(18)9-11)8-13-4-2-6-15(19)16(13)20/h1-6,9,12H,7-8,10H2. The van der Waals surface area contributed by atoms with Crippen molar-refractivity contribution in [1.29, 1.82) is 0 Å². The maximum Gasteiger partial charge on any atom is 0.162 e. The first-order valence-electron chi connectivity index (χ1n) is 6.33. The lowest BCUT2D eigenvalue weighted by atomic mass is 9.94. The van der Waals surface area contributed by atoms with Gasteiger partial charge in [-0.15, -0.1) is 11.6 Å². The van der Waals surface area contributed by atoms with Crippen molar-refractivity contribution >= 4 is 23.2 Å². The molecule has 0 aliphatic carbocycles. The molecule has 106 valence electrons. The van der Waals surface area contributed by atoms with Gasteiger partial charge in [-0.05, 0) is 48.1 Å². The van der Waals surface area contributed by atoms with Gasteiger partial charge in [0.1, 0.15) is 0 Å². The quantitative estimate of drug-likeness (QED) is 0.660. The summed E-state index contributed by atoms with van der Waals surface area (Å²) >= 11 is 11.9. The minimum absolute atomic E-state index is 0.0337. The molecule has 0 spiro atoms. The van der Waals surface area contributed by atoms with Crippen LogP contribution in [-0.4, -0.2) is 5.88 Å². The van der Waals surface area contributed by atoms with Crippen LogP contribution < -0.4 is 0 Å². The average Bonchev–Trinajstić information content (AvgIpc) is 2.43. The molecule has 0 fully saturated rings. The molecule has 0 amide bonds. The van der Waals surface area contributed by atoms with Crippen LogP contribution in [0.15, 0.2) is 42.5 Å². The summed E-state index contributed by atoms with van der Waals surface area (Å²) in [4.78, 5) is 0. The minimum Gasteiger partial charge on any atom is -0.204 e. The summed E-state index contributed by atoms with van der Waals surface area (Å²) < 4.78 is 26.8. The normalized spacial score (nSPS) is 12.4. The van der Waals surface area contributed by atoms with Crippen molar-refractivity contribution in [2.75, 3.05) is 5.88 Å². The first-order valence-corrected chi connectivity index (χ1v) is 7.24. The van der Waals surface area contributed by atoms with E-state index in [2.05, 4.69) is 0 Å². The van der Waals surface area contributed by atoms with E-state index in [4.69, 9.17) is 23.2 Å². The monoisotopic (exact) mass is 314 g/mol. The topological polar surface area (TPSA) is 0 Å². The molecule has 0 radical (unpaired) electrons. The number of benzene rings is 2. The molecule has 0 saturated heterocycles. The molecule has 0 aliphatic heterocycles. The number of rotatable bonds is 5. The third kappa shape index (κ3) is 3.94. The lowest BCUT2D eigenvalue weighted by Crippen LogP contribution is -2.11. The van der Waals surface area contributed by atoms with Crippen LogP contribution in [0.3, 0.4) is 0 Å². The lowest BCUT2D eigenvalue weighted by Gasteiger charge is -2.15. The third-order valence-corrected chi connectivity index (χ3v) is 3.84. The Kier molecular flexibility index (Phi) is 5.38. The fourth-order valence-electron chi connectivity index (χ4n) is 2.20. The van der Waals surface area contributed by atoms with Gasteiger partial charge < -0.3 is 0 Å². The molecule has 0 bridgehead atoms. The largest absolute Gasteiger partial charge is 0.204 e. The number of hydrogen-bond acceptors (Lipinski definition) is 0. The van der Waals surface area contributed by atoms with Gasteiger partial charge >= 0.3 is 0 Å². The van der Waals surface area contributed by atoms with Crippen molar-refractivity contribution in [3.05, 3.63) is 70.2 Å². The molecule has 20 heavy (non-hydrogen) atoms. The second-order valence-corrected chi connectivity index (χ2v) is 5.52. The molecule has 2 rings (SSSR count). The fraction of sp³-hybridized carbons (Fsp3) is 0.250. The van der Waals surface area contributed by atoms with E-state index in [0.717, 1.165) is 11.6 Å². The van der Waals surface area contributed by atoms with Crippen LogP contribution in [-0.2, 0) is 12.8 Å². The zero-order valence-electron chi connectivity index (χ0n) is 10.8. The van der Waals surface area contributed by atoms with E-state index in [1.807, 2.05) is 18.2 Å². The fourth-order valence-corrected chi connectivity index (χ4v) is 2.63. The van der Waals surface area contributed by atoms with Crippen LogP contribution in [0.2, 0.25) is 5.02 Å². The molecular formula is C16H14Cl2F2. The third-order valence-electron chi connectivity index (χ3n) is 3.17. The molecule has 2 aromatic rings. The van der Waals surface area contributed by atoms with Crippen LogP contribution in [0.4, 0.5) is 8.78 Å². The minimum atomic E-state index is -0.821. The number of alkyl halides is 1. The van der Waals surface area contributed by atoms with E-state index in [1.54, 1.807) is 12.1 Å². The van der Waals surface area contributed by atoms with Crippen LogP contribution in [0.5, 0.6) is 0 Å². The van der Waals surface area contributed by atoms with Gasteiger partial charge in [-0.2, -0.15) is 0 Å². The second-order valence-electron chi connectivity index (χ2n) is 4.77. The Morgan fingerprint density at radius 1 is 1.00 bits per heavy atom. The predicted octanol–water partition coefficient (Wildman–Crippen LogP) is 5.26. The van der Waals surface area contributed by atoms with Crippen molar-refractivity contribution in [2.45, 2.75) is 12.8 Å². The van der Waals surface area contributed by atoms with E-state index in [1.165, 1.54) is 6.07 Å². The predicted molar refractivity (Wildman–Crippen MR) is 79.4 cm³/mol. The Morgan fingerprint density at radius 2 is 1.75 bits per heavy atom. The van der Waals surface area contributed by atoms with Gasteiger partial charge in [0.25, 0.3) is 0 Å². The van der Waals surface area contributed by atoms with Crippen molar-refractivity contribution < 1.29 is 8.78 Å². The maximum absolute atomic E-state index is 13.7. The summed E-state index contributed by atoms with van der Waals surface area (Å²) in [6.45, 7) is 0. The van der Waals surface area contributed by atoms with Gasteiger partial charge in [0.15, 0.2) is 11.6 Å². The highest BCUT2D eigenvalue weighted by Gasteiger charge is 2.14. The summed E-state index contributed by atoms with van der Waals surface area (Å²) in [5.74, 6) is -1.19. The molecule has 4 heteroatoms. The highest BCUT2D eigenvalue weighted by Crippen LogP contribution is 2.21. The van der Waals surface area contributed by atoms with Crippen molar-refractivity contribution in [3.63, 3.8) is 0 Å². The van der Waals surface area contributed by atoms with Crippen molar-refractivity contribution in [1.82, 2.24) is 0 Å². The second kappa shape index (κ2) is 7.05. The first-order chi connectivity index (χ1) is 9.60. The Hall–Kier alpha value is -1.12. The Morgan fingerprint density at radius 3 is 2.45 bits per heavy atom. The number of halogens is 4. The Labute approximate surface area is 127 Å². The van der Waals surface area contributed by atoms with Crippen LogP contribution in [0.1, 0.15) is 11.1 Å². The van der Waals surface area contributed by atoms with Crippen molar-refractivity contribution in [2.24, 2.45) is 5.92 Å². The molecule has 2 aromatic carbocycles. The van der Waals surface area contributed by atoms with Gasteiger partial charge in [-0.1, -0.05) is 35.9 Å². The highest BCUT2D eigenvalue weighted by molar-refractivity contribution is 6.30. The molecule has 0 saturated carbocycles. The summed E-state index contributed by atoms with van der Waals surface area (Å²) in [5, 5.41) is 0.660. The number of hydrogen-bond donors (Lipinski definition) is 0. The molecule has 0 nitrogen and oxygen atoms in total. The van der Waals surface area contributed by atoms with E-state index < -0.39 is 11.6 Å². The van der Waals surface area contributed by atoms with Crippen molar-refractivity contribution in [3.8, 4) is 0 Å². The van der Waals surface area contributed by atoms with Gasteiger partial charge in [-0.25, -0.2) is 8.78 Å². The molecule has 0 heterocycles. The van der Waals surface area contributed by atoms with E-state index in [9.17, 15) is 8.78 Å². The SMILES string of the molecule is Fc1cccc(CC(CCl)Cc2cccc(Cl)c2)c1F. The zero-order valence-corrected chi connectivity index (χ0v) is 12.3. The summed E-state index contributed by atoms with van der Waals surface area (Å²) in [6.07, 6.45) is 1.08. The summed E-state index contributed by atoms with van der Waals surface area (Å²) in [7, 11) is 0. The summed E-state index contributed by atoms with van der Waals surface area (Å²) in [6, 6.07) is 11.7. The first kappa shape index (κ1) is 15.3. The summed E-state index contributed by atoms with van der Waals surface area (Å²) in [5.41, 5.74) is 1.40.